The zero-order valence-electron chi connectivity index (χ0n) is 17.5. The molecule has 5 rings (SSSR count). The molecule has 5 heterocycles. The van der Waals surface area contributed by atoms with Crippen molar-refractivity contribution in [3.05, 3.63) is 54.0 Å². The molecular formula is C23H26N6O2. The number of carbonyl (C=O) groups is 2. The van der Waals surface area contributed by atoms with Gasteiger partial charge in [-0.05, 0) is 43.5 Å². The number of piperazine rings is 1. The zero-order valence-corrected chi connectivity index (χ0v) is 17.5. The van der Waals surface area contributed by atoms with Crippen molar-refractivity contribution in [2.75, 3.05) is 39.3 Å². The fraction of sp³-hybridized carbons (Fsp3) is 0.391. The number of nitrogens with zero attached hydrogens (tertiary/aromatic N) is 5. The maximum atomic E-state index is 13.0. The molecule has 2 saturated heterocycles. The molecule has 0 atom stereocenters. The van der Waals surface area contributed by atoms with Gasteiger partial charge < -0.3 is 15.1 Å². The lowest BCUT2D eigenvalue weighted by molar-refractivity contribution is 0.0720. The zero-order chi connectivity index (χ0) is 21.2. The molecule has 0 aliphatic carbocycles. The largest absolute Gasteiger partial charge is 0.339 e. The highest BCUT2D eigenvalue weighted by Gasteiger charge is 2.23. The average molecular weight is 419 g/mol. The molecule has 2 aliphatic rings. The normalized spacial score (nSPS) is 17.2. The van der Waals surface area contributed by atoms with Gasteiger partial charge in [-0.3, -0.25) is 14.6 Å². The number of nitrogens with one attached hydrogen (secondary N) is 1. The van der Waals surface area contributed by atoms with Gasteiger partial charge in [-0.25, -0.2) is 4.52 Å². The van der Waals surface area contributed by atoms with Gasteiger partial charge in [0.2, 0.25) is 0 Å². The van der Waals surface area contributed by atoms with Crippen molar-refractivity contribution in [3.63, 3.8) is 0 Å². The summed E-state index contributed by atoms with van der Waals surface area (Å²) in [6.45, 7) is 4.63. The van der Waals surface area contributed by atoms with E-state index < -0.39 is 0 Å². The van der Waals surface area contributed by atoms with Gasteiger partial charge in [-0.15, -0.1) is 0 Å². The van der Waals surface area contributed by atoms with E-state index in [2.05, 4.69) is 15.4 Å². The first-order chi connectivity index (χ1) is 15.2. The molecule has 0 spiro atoms. The number of aromatic nitrogens is 3. The van der Waals surface area contributed by atoms with E-state index in [1.165, 1.54) is 6.42 Å². The van der Waals surface area contributed by atoms with E-state index in [0.29, 0.717) is 24.3 Å². The number of likely N-dealkylation sites (tertiary alicyclic amines) is 1. The van der Waals surface area contributed by atoms with E-state index in [4.69, 9.17) is 0 Å². The summed E-state index contributed by atoms with van der Waals surface area (Å²) < 4.78 is 1.78. The molecule has 2 fully saturated rings. The Kier molecular flexibility index (Phi) is 5.38. The fourth-order valence-electron chi connectivity index (χ4n) is 4.36. The topological polar surface area (TPSA) is 82.8 Å². The predicted octanol–water partition coefficient (Wildman–Crippen LogP) is 2.07. The highest BCUT2D eigenvalue weighted by Crippen LogP contribution is 2.24. The van der Waals surface area contributed by atoms with E-state index in [1.54, 1.807) is 23.0 Å². The van der Waals surface area contributed by atoms with Crippen LogP contribution in [0.3, 0.4) is 0 Å². The van der Waals surface area contributed by atoms with Crippen molar-refractivity contribution in [1.82, 2.24) is 29.7 Å². The van der Waals surface area contributed by atoms with Crippen LogP contribution in [0.2, 0.25) is 0 Å². The molecule has 1 N–H and O–H groups in total. The first-order valence-electron chi connectivity index (χ1n) is 10.9. The van der Waals surface area contributed by atoms with Crippen molar-refractivity contribution in [3.8, 4) is 11.3 Å². The van der Waals surface area contributed by atoms with Crippen LogP contribution in [0, 0.1) is 0 Å². The summed E-state index contributed by atoms with van der Waals surface area (Å²) in [5.74, 6) is 0.00158. The number of piperidine rings is 1. The molecule has 8 nitrogen and oxygen atoms in total. The highest BCUT2D eigenvalue weighted by atomic mass is 16.2. The summed E-state index contributed by atoms with van der Waals surface area (Å²) in [6.07, 6.45) is 6.66. The molecule has 160 valence electrons. The Balaban J connectivity index is 1.42. The first-order valence-corrected chi connectivity index (χ1v) is 10.9. The van der Waals surface area contributed by atoms with Crippen LogP contribution in [0.4, 0.5) is 0 Å². The van der Waals surface area contributed by atoms with Gasteiger partial charge in [0.15, 0.2) is 0 Å². The number of fused-ring (bicyclic) bond motifs is 1. The number of rotatable bonds is 3. The Bertz CT molecular complexity index is 1090. The van der Waals surface area contributed by atoms with Gasteiger partial charge in [-0.1, -0.05) is 6.07 Å². The summed E-state index contributed by atoms with van der Waals surface area (Å²) in [5.41, 5.74) is 3.54. The number of pyridine rings is 2. The maximum absolute atomic E-state index is 13.0. The SMILES string of the molecule is O=C(c1ccc(-c2cccc3c(C(=O)N4CCCCC4)cnn23)cn1)N1CCNCC1. The maximum Gasteiger partial charge on any atom is 0.272 e. The second kappa shape index (κ2) is 8.47. The van der Waals surface area contributed by atoms with Crippen LogP contribution in [0.1, 0.15) is 40.1 Å². The second-order valence-electron chi connectivity index (χ2n) is 8.09. The Hall–Kier alpha value is -3.26. The fourth-order valence-corrected chi connectivity index (χ4v) is 4.36. The van der Waals surface area contributed by atoms with Crippen molar-refractivity contribution >= 4 is 17.3 Å². The quantitative estimate of drug-likeness (QED) is 0.704. The Morgan fingerprint density at radius 1 is 0.839 bits per heavy atom. The van der Waals surface area contributed by atoms with Crippen molar-refractivity contribution in [2.24, 2.45) is 0 Å². The molecule has 0 bridgehead atoms. The van der Waals surface area contributed by atoms with Crippen molar-refractivity contribution in [1.29, 1.82) is 0 Å². The van der Waals surface area contributed by atoms with Crippen molar-refractivity contribution < 1.29 is 9.59 Å². The van der Waals surface area contributed by atoms with Gasteiger partial charge in [0.05, 0.1) is 23.0 Å². The predicted molar refractivity (Wildman–Crippen MR) is 117 cm³/mol. The van der Waals surface area contributed by atoms with Crippen LogP contribution in [-0.4, -0.2) is 75.5 Å². The first kappa shape index (κ1) is 19.7. The third kappa shape index (κ3) is 3.79. The van der Waals surface area contributed by atoms with Gasteiger partial charge in [-0.2, -0.15) is 5.10 Å². The van der Waals surface area contributed by atoms with E-state index in [9.17, 15) is 9.59 Å². The summed E-state index contributed by atoms with van der Waals surface area (Å²) in [4.78, 5) is 33.8. The van der Waals surface area contributed by atoms with Gasteiger partial charge in [0.25, 0.3) is 11.8 Å². The molecule has 8 heteroatoms. The molecule has 3 aromatic rings. The minimum absolute atomic E-state index is 0.0419. The molecule has 0 saturated carbocycles. The lowest BCUT2D eigenvalue weighted by atomic mass is 10.1. The Labute approximate surface area is 180 Å². The minimum atomic E-state index is -0.0419. The van der Waals surface area contributed by atoms with Crippen LogP contribution < -0.4 is 5.32 Å². The van der Waals surface area contributed by atoms with Gasteiger partial charge in [0, 0.05) is 51.0 Å². The minimum Gasteiger partial charge on any atom is -0.339 e. The third-order valence-electron chi connectivity index (χ3n) is 6.10. The molecule has 0 aromatic carbocycles. The van der Waals surface area contributed by atoms with Crippen LogP contribution in [0.15, 0.2) is 42.7 Å². The standard InChI is InChI=1S/C23H26N6O2/c30-22(27-11-2-1-3-12-27)18-16-26-29-20(5-4-6-21(18)29)17-7-8-19(25-15-17)23(31)28-13-9-24-10-14-28/h4-8,15-16,24H,1-3,9-14H2. The highest BCUT2D eigenvalue weighted by molar-refractivity contribution is 6.01. The molecule has 2 aliphatic heterocycles. The third-order valence-corrected chi connectivity index (χ3v) is 6.10. The Morgan fingerprint density at radius 3 is 2.35 bits per heavy atom. The smallest absolute Gasteiger partial charge is 0.272 e. The van der Waals surface area contributed by atoms with Crippen LogP contribution in [0.25, 0.3) is 16.8 Å². The monoisotopic (exact) mass is 418 g/mol. The number of carbonyl (C=O) groups excluding carboxylic acids is 2. The molecule has 2 amide bonds. The van der Waals surface area contributed by atoms with Crippen LogP contribution in [-0.2, 0) is 0 Å². The molecule has 31 heavy (non-hydrogen) atoms. The van der Waals surface area contributed by atoms with Crippen molar-refractivity contribution in [2.45, 2.75) is 19.3 Å². The second-order valence-corrected chi connectivity index (χ2v) is 8.09. The van der Waals surface area contributed by atoms with Gasteiger partial charge >= 0.3 is 0 Å². The van der Waals surface area contributed by atoms with Gasteiger partial charge in [0.1, 0.15) is 5.69 Å². The van der Waals surface area contributed by atoms with Crippen LogP contribution in [0.5, 0.6) is 0 Å². The average Bonchev–Trinajstić information content (AvgIpc) is 3.29. The van der Waals surface area contributed by atoms with E-state index in [1.807, 2.05) is 34.1 Å². The van der Waals surface area contributed by atoms with E-state index in [0.717, 1.165) is 55.8 Å². The molecule has 3 aromatic heterocycles. The number of hydrogen-bond donors (Lipinski definition) is 1. The lowest BCUT2D eigenvalue weighted by Crippen LogP contribution is -2.46. The van der Waals surface area contributed by atoms with E-state index >= 15 is 0 Å². The summed E-state index contributed by atoms with van der Waals surface area (Å²) >= 11 is 0. The van der Waals surface area contributed by atoms with E-state index in [-0.39, 0.29) is 11.8 Å². The lowest BCUT2D eigenvalue weighted by Gasteiger charge is -2.27. The van der Waals surface area contributed by atoms with Crippen LogP contribution >= 0.6 is 0 Å². The molecule has 0 radical (unpaired) electrons. The number of amides is 2. The molecular weight excluding hydrogens is 392 g/mol. The number of hydrogen-bond acceptors (Lipinski definition) is 5. The Morgan fingerprint density at radius 2 is 1.61 bits per heavy atom. The summed E-state index contributed by atoms with van der Waals surface area (Å²) in [7, 11) is 0. The summed E-state index contributed by atoms with van der Waals surface area (Å²) in [5, 5.41) is 7.75. The summed E-state index contributed by atoms with van der Waals surface area (Å²) in [6, 6.07) is 9.46. The molecule has 0 unspecified atom stereocenters.